The van der Waals surface area contributed by atoms with Crippen LogP contribution in [-0.2, 0) is 15.6 Å². The normalized spacial score (nSPS) is 34.1. The third kappa shape index (κ3) is 2.24. The molecule has 118 valence electrons. The SMILES string of the molecule is CC(C)NC(=O)[C@]1(S(=O)c2ccccc2)[C@@H]2C=C[C@@H](C2)[C@H]1Cl. The summed E-state index contributed by atoms with van der Waals surface area (Å²) in [4.78, 5) is 13.6. The predicted octanol–water partition coefficient (Wildman–Crippen LogP) is 2.87. The van der Waals surface area contributed by atoms with Gasteiger partial charge in [-0.1, -0.05) is 30.4 Å². The molecular formula is C17H20ClNO2S. The van der Waals surface area contributed by atoms with Gasteiger partial charge >= 0.3 is 0 Å². The van der Waals surface area contributed by atoms with Crippen LogP contribution < -0.4 is 5.32 Å². The van der Waals surface area contributed by atoms with Crippen molar-refractivity contribution in [3.8, 4) is 0 Å². The second-order valence-corrected chi connectivity index (χ2v) is 8.45. The highest BCUT2D eigenvalue weighted by Crippen LogP contribution is 2.53. The second-order valence-electron chi connectivity index (χ2n) is 6.30. The third-order valence-corrected chi connectivity index (χ3v) is 7.35. The molecule has 5 heteroatoms. The zero-order chi connectivity index (χ0) is 15.9. The van der Waals surface area contributed by atoms with Crippen molar-refractivity contribution in [2.75, 3.05) is 0 Å². The number of carbonyl (C=O) groups is 1. The Labute approximate surface area is 138 Å². The van der Waals surface area contributed by atoms with Crippen LogP contribution in [0.2, 0.25) is 0 Å². The number of hydrogen-bond donors (Lipinski definition) is 1. The third-order valence-electron chi connectivity index (χ3n) is 4.49. The first-order valence-electron chi connectivity index (χ1n) is 7.58. The summed E-state index contributed by atoms with van der Waals surface area (Å²) in [7, 11) is -1.49. The minimum absolute atomic E-state index is 0.0101. The van der Waals surface area contributed by atoms with E-state index < -0.39 is 20.9 Å². The lowest BCUT2D eigenvalue weighted by atomic mass is 9.90. The van der Waals surface area contributed by atoms with Crippen LogP contribution >= 0.6 is 11.6 Å². The maximum Gasteiger partial charge on any atom is 0.241 e. The summed E-state index contributed by atoms with van der Waals surface area (Å²) in [6, 6.07) is 9.16. The average Bonchev–Trinajstić information content (AvgIpc) is 3.07. The number of carbonyl (C=O) groups excluding carboxylic acids is 1. The molecule has 5 atom stereocenters. The number of rotatable bonds is 4. The number of hydrogen-bond acceptors (Lipinski definition) is 2. The van der Waals surface area contributed by atoms with E-state index in [1.54, 1.807) is 12.1 Å². The quantitative estimate of drug-likeness (QED) is 0.678. The van der Waals surface area contributed by atoms with Crippen molar-refractivity contribution in [2.45, 2.75) is 41.3 Å². The number of halogens is 1. The monoisotopic (exact) mass is 337 g/mol. The zero-order valence-electron chi connectivity index (χ0n) is 12.7. The minimum atomic E-state index is -1.49. The lowest BCUT2D eigenvalue weighted by molar-refractivity contribution is -0.124. The molecule has 1 aromatic rings. The van der Waals surface area contributed by atoms with Gasteiger partial charge in [-0.2, -0.15) is 0 Å². The van der Waals surface area contributed by atoms with Crippen LogP contribution in [0.15, 0.2) is 47.4 Å². The highest BCUT2D eigenvalue weighted by atomic mass is 35.5. The van der Waals surface area contributed by atoms with Gasteiger partial charge in [0.25, 0.3) is 0 Å². The molecule has 0 saturated heterocycles. The van der Waals surface area contributed by atoms with Gasteiger partial charge in [0.05, 0.1) is 16.2 Å². The molecule has 0 aliphatic heterocycles. The van der Waals surface area contributed by atoms with Crippen molar-refractivity contribution in [1.29, 1.82) is 0 Å². The summed E-state index contributed by atoms with van der Waals surface area (Å²) in [6.07, 6.45) is 4.88. The molecule has 2 aliphatic rings. The van der Waals surface area contributed by atoms with Crippen molar-refractivity contribution in [3.05, 3.63) is 42.5 Å². The number of fused-ring (bicyclic) bond motifs is 2. The van der Waals surface area contributed by atoms with Gasteiger partial charge in [-0.15, -0.1) is 11.6 Å². The molecule has 1 amide bonds. The maximum atomic E-state index is 13.3. The van der Waals surface area contributed by atoms with E-state index in [2.05, 4.69) is 11.4 Å². The average molecular weight is 338 g/mol. The molecule has 1 N–H and O–H groups in total. The Hall–Kier alpha value is -1.13. The molecule has 3 nitrogen and oxygen atoms in total. The molecule has 0 aromatic heterocycles. The Morgan fingerprint density at radius 1 is 1.32 bits per heavy atom. The van der Waals surface area contributed by atoms with Crippen LogP contribution in [0.1, 0.15) is 20.3 Å². The smallest absolute Gasteiger partial charge is 0.241 e. The van der Waals surface area contributed by atoms with Crippen LogP contribution in [0.3, 0.4) is 0 Å². The fraction of sp³-hybridized carbons (Fsp3) is 0.471. The summed E-state index contributed by atoms with van der Waals surface area (Å²) in [5.74, 6) is -0.140. The minimum Gasteiger partial charge on any atom is -0.353 e. The molecule has 3 rings (SSSR count). The number of amides is 1. The van der Waals surface area contributed by atoms with E-state index in [0.717, 1.165) is 6.42 Å². The molecule has 0 heterocycles. The van der Waals surface area contributed by atoms with E-state index in [9.17, 15) is 9.00 Å². The lowest BCUT2D eigenvalue weighted by Gasteiger charge is -2.37. The highest BCUT2D eigenvalue weighted by molar-refractivity contribution is 7.87. The van der Waals surface area contributed by atoms with E-state index in [1.165, 1.54) is 0 Å². The van der Waals surface area contributed by atoms with Crippen molar-refractivity contribution in [1.82, 2.24) is 5.32 Å². The number of benzene rings is 1. The van der Waals surface area contributed by atoms with Gasteiger partial charge in [-0.25, -0.2) is 0 Å². The molecular weight excluding hydrogens is 318 g/mol. The summed E-state index contributed by atoms with van der Waals surface area (Å²) in [6.45, 7) is 3.81. The van der Waals surface area contributed by atoms with Gasteiger partial charge in [0, 0.05) is 16.9 Å². The topological polar surface area (TPSA) is 46.2 Å². The molecule has 1 aromatic carbocycles. The fourth-order valence-corrected chi connectivity index (χ4v) is 6.06. The Kier molecular flexibility index (Phi) is 4.17. The summed E-state index contributed by atoms with van der Waals surface area (Å²) in [5.41, 5.74) is 0. The van der Waals surface area contributed by atoms with Crippen LogP contribution in [0.4, 0.5) is 0 Å². The first-order chi connectivity index (χ1) is 10.5. The van der Waals surface area contributed by atoms with E-state index in [1.807, 2.05) is 38.1 Å². The number of alkyl halides is 1. The van der Waals surface area contributed by atoms with Gasteiger partial charge in [-0.05, 0) is 38.3 Å². The van der Waals surface area contributed by atoms with E-state index in [4.69, 9.17) is 11.6 Å². The number of allylic oxidation sites excluding steroid dienone is 2. The van der Waals surface area contributed by atoms with E-state index in [0.29, 0.717) is 4.90 Å². The van der Waals surface area contributed by atoms with E-state index in [-0.39, 0.29) is 23.8 Å². The summed E-state index contributed by atoms with van der Waals surface area (Å²) < 4.78 is 12.2. The van der Waals surface area contributed by atoms with E-state index >= 15 is 0 Å². The van der Waals surface area contributed by atoms with Crippen LogP contribution in [0.25, 0.3) is 0 Å². The van der Waals surface area contributed by atoms with Gasteiger partial charge in [0.1, 0.15) is 0 Å². The fourth-order valence-electron chi connectivity index (χ4n) is 3.52. The first kappa shape index (κ1) is 15.8. The first-order valence-corrected chi connectivity index (χ1v) is 9.16. The van der Waals surface area contributed by atoms with Gasteiger partial charge < -0.3 is 5.32 Å². The molecule has 0 radical (unpaired) electrons. The molecule has 1 unspecified atom stereocenters. The molecule has 1 fully saturated rings. The second kappa shape index (κ2) is 5.82. The molecule has 22 heavy (non-hydrogen) atoms. The number of nitrogens with one attached hydrogen (secondary N) is 1. The van der Waals surface area contributed by atoms with Crippen molar-refractivity contribution >= 4 is 28.3 Å². The molecule has 2 bridgehead atoms. The molecule has 1 saturated carbocycles. The molecule has 0 spiro atoms. The zero-order valence-corrected chi connectivity index (χ0v) is 14.2. The standard InChI is InChI=1S/C17H20ClNO2S/c1-11(2)19-16(20)17(13-9-8-12(10-13)15(17)18)22(21)14-6-4-3-5-7-14/h3-9,11-13,15H,10H2,1-2H3,(H,19,20)/t12-,13+,15+,17-,22?/m0/s1. The summed E-state index contributed by atoms with van der Waals surface area (Å²) >= 11 is 6.65. The van der Waals surface area contributed by atoms with Crippen molar-refractivity contribution in [3.63, 3.8) is 0 Å². The maximum absolute atomic E-state index is 13.3. The Morgan fingerprint density at radius 2 is 2.00 bits per heavy atom. The largest absolute Gasteiger partial charge is 0.353 e. The van der Waals surface area contributed by atoms with Gasteiger partial charge in [-0.3, -0.25) is 9.00 Å². The van der Waals surface area contributed by atoms with Crippen LogP contribution in [0.5, 0.6) is 0 Å². The Bertz CT molecular complexity index is 631. The summed E-state index contributed by atoms with van der Waals surface area (Å²) in [5, 5.41) is 2.50. The molecule has 2 aliphatic carbocycles. The Balaban J connectivity index is 2.07. The van der Waals surface area contributed by atoms with Crippen LogP contribution in [0, 0.1) is 11.8 Å². The Morgan fingerprint density at radius 3 is 2.55 bits per heavy atom. The highest BCUT2D eigenvalue weighted by Gasteiger charge is 2.64. The van der Waals surface area contributed by atoms with Gasteiger partial charge in [0.2, 0.25) is 5.91 Å². The predicted molar refractivity (Wildman–Crippen MR) is 89.2 cm³/mol. The van der Waals surface area contributed by atoms with Crippen LogP contribution in [-0.4, -0.2) is 26.3 Å². The lowest BCUT2D eigenvalue weighted by Crippen LogP contribution is -2.59. The van der Waals surface area contributed by atoms with Crippen molar-refractivity contribution in [2.24, 2.45) is 11.8 Å². The van der Waals surface area contributed by atoms with Gasteiger partial charge in [0.15, 0.2) is 4.75 Å². The van der Waals surface area contributed by atoms with Crippen molar-refractivity contribution < 1.29 is 9.00 Å².